The normalized spacial score (nSPS) is 19.7. The summed E-state index contributed by atoms with van der Waals surface area (Å²) < 4.78 is 5.79. The van der Waals surface area contributed by atoms with Gasteiger partial charge in [-0.2, -0.15) is 0 Å². The summed E-state index contributed by atoms with van der Waals surface area (Å²) in [6, 6.07) is 7.93. The third kappa shape index (κ3) is 2.71. The first-order valence-corrected chi connectivity index (χ1v) is 6.96. The number of H-pyrrole nitrogens is 1. The number of aromatic nitrogens is 1. The van der Waals surface area contributed by atoms with Gasteiger partial charge in [0.15, 0.2) is 0 Å². The summed E-state index contributed by atoms with van der Waals surface area (Å²) in [5, 5.41) is 1.13. The van der Waals surface area contributed by atoms with E-state index in [1.165, 1.54) is 18.4 Å². The van der Waals surface area contributed by atoms with Gasteiger partial charge in [0.1, 0.15) is 0 Å². The van der Waals surface area contributed by atoms with Crippen molar-refractivity contribution in [2.45, 2.75) is 38.7 Å². The largest absolute Gasteiger partial charge is 0.378 e. The van der Waals surface area contributed by atoms with Crippen LogP contribution in [0.2, 0.25) is 0 Å². The van der Waals surface area contributed by atoms with E-state index in [9.17, 15) is 4.79 Å². The molecule has 1 aliphatic heterocycles. The number of aryl methyl sites for hydroxylation is 1. The quantitative estimate of drug-likeness (QED) is 0.898. The molecule has 0 aliphatic carbocycles. The van der Waals surface area contributed by atoms with Crippen molar-refractivity contribution in [1.29, 1.82) is 0 Å². The van der Waals surface area contributed by atoms with Crippen LogP contribution in [0.25, 0.3) is 10.9 Å². The van der Waals surface area contributed by atoms with Crippen LogP contribution in [0.4, 0.5) is 0 Å². The van der Waals surface area contributed by atoms with E-state index in [1.807, 2.05) is 13.0 Å². The Bertz CT molecular complexity index is 639. The van der Waals surface area contributed by atoms with Crippen LogP contribution in [-0.2, 0) is 11.2 Å². The summed E-state index contributed by atoms with van der Waals surface area (Å²) >= 11 is 0. The summed E-state index contributed by atoms with van der Waals surface area (Å²) in [6.45, 7) is 2.88. The van der Waals surface area contributed by atoms with Gasteiger partial charge in [0.2, 0.25) is 5.56 Å². The third-order valence-corrected chi connectivity index (χ3v) is 3.85. The zero-order valence-corrected chi connectivity index (χ0v) is 11.2. The van der Waals surface area contributed by atoms with E-state index in [4.69, 9.17) is 4.74 Å². The summed E-state index contributed by atoms with van der Waals surface area (Å²) in [6.07, 6.45) is 4.94. The lowest BCUT2D eigenvalue weighted by Crippen LogP contribution is -2.21. The number of pyridine rings is 1. The molecular formula is C16H19NO2. The van der Waals surface area contributed by atoms with E-state index >= 15 is 0 Å². The summed E-state index contributed by atoms with van der Waals surface area (Å²) in [4.78, 5) is 14.3. The van der Waals surface area contributed by atoms with Crippen molar-refractivity contribution in [3.8, 4) is 0 Å². The molecule has 1 aromatic heterocycles. The van der Waals surface area contributed by atoms with Crippen LogP contribution >= 0.6 is 0 Å². The molecule has 1 aliphatic rings. The molecule has 3 rings (SSSR count). The topological polar surface area (TPSA) is 42.1 Å². The smallest absolute Gasteiger partial charge is 0.248 e. The number of hydrogen-bond acceptors (Lipinski definition) is 2. The molecule has 1 fully saturated rings. The molecule has 3 heteroatoms. The predicted octanol–water partition coefficient (Wildman–Crippen LogP) is 2.95. The van der Waals surface area contributed by atoms with E-state index in [2.05, 4.69) is 17.1 Å². The van der Waals surface area contributed by atoms with Gasteiger partial charge in [-0.05, 0) is 55.9 Å². The first-order valence-electron chi connectivity index (χ1n) is 6.96. The number of rotatable bonds is 2. The van der Waals surface area contributed by atoms with Gasteiger partial charge in [-0.3, -0.25) is 4.79 Å². The summed E-state index contributed by atoms with van der Waals surface area (Å²) in [5.41, 5.74) is 3.20. The molecular weight excluding hydrogens is 238 g/mol. The second-order valence-electron chi connectivity index (χ2n) is 5.39. The molecule has 2 heterocycles. The molecule has 19 heavy (non-hydrogen) atoms. The third-order valence-electron chi connectivity index (χ3n) is 3.85. The maximum atomic E-state index is 11.4. The van der Waals surface area contributed by atoms with Crippen molar-refractivity contribution in [2.24, 2.45) is 0 Å². The highest BCUT2D eigenvalue weighted by Crippen LogP contribution is 2.21. The molecule has 0 amide bonds. The maximum absolute atomic E-state index is 11.4. The van der Waals surface area contributed by atoms with Gasteiger partial charge in [0.05, 0.1) is 6.10 Å². The van der Waals surface area contributed by atoms with Crippen molar-refractivity contribution >= 4 is 10.9 Å². The Kier molecular flexibility index (Phi) is 3.38. The second kappa shape index (κ2) is 5.17. The molecule has 1 unspecified atom stereocenters. The van der Waals surface area contributed by atoms with Crippen molar-refractivity contribution < 1.29 is 4.74 Å². The monoisotopic (exact) mass is 257 g/mol. The number of fused-ring (bicyclic) bond motifs is 1. The lowest BCUT2D eigenvalue weighted by Gasteiger charge is -2.22. The fraction of sp³-hybridized carbons (Fsp3) is 0.438. The molecule has 0 spiro atoms. The van der Waals surface area contributed by atoms with Crippen molar-refractivity contribution in [3.63, 3.8) is 0 Å². The Morgan fingerprint density at radius 2 is 2.21 bits per heavy atom. The second-order valence-corrected chi connectivity index (χ2v) is 5.39. The Morgan fingerprint density at radius 3 is 3.00 bits per heavy atom. The van der Waals surface area contributed by atoms with Crippen LogP contribution in [0.5, 0.6) is 0 Å². The Morgan fingerprint density at radius 1 is 1.32 bits per heavy atom. The minimum absolute atomic E-state index is 0.0339. The molecule has 1 N–H and O–H groups in total. The van der Waals surface area contributed by atoms with Crippen LogP contribution in [0.3, 0.4) is 0 Å². The predicted molar refractivity (Wildman–Crippen MR) is 76.6 cm³/mol. The number of aromatic amines is 1. The van der Waals surface area contributed by atoms with E-state index in [1.54, 1.807) is 6.07 Å². The van der Waals surface area contributed by atoms with E-state index in [0.717, 1.165) is 35.9 Å². The SMILES string of the molecule is Cc1cc(=O)[nH]c2ccc(CC3CCCCO3)cc12. The highest BCUT2D eigenvalue weighted by Gasteiger charge is 2.14. The molecule has 0 radical (unpaired) electrons. The van der Waals surface area contributed by atoms with Crippen LogP contribution in [0, 0.1) is 6.92 Å². The minimum atomic E-state index is -0.0339. The number of nitrogens with one attached hydrogen (secondary N) is 1. The lowest BCUT2D eigenvalue weighted by atomic mass is 9.99. The van der Waals surface area contributed by atoms with Crippen LogP contribution in [0.15, 0.2) is 29.1 Å². The fourth-order valence-corrected chi connectivity index (χ4v) is 2.83. The van der Waals surface area contributed by atoms with Crippen molar-refractivity contribution in [1.82, 2.24) is 4.98 Å². The molecule has 0 bridgehead atoms. The molecule has 3 nitrogen and oxygen atoms in total. The Labute approximate surface area is 112 Å². The minimum Gasteiger partial charge on any atom is -0.378 e. The van der Waals surface area contributed by atoms with Crippen LogP contribution in [0.1, 0.15) is 30.4 Å². The molecule has 1 saturated heterocycles. The summed E-state index contributed by atoms with van der Waals surface area (Å²) in [5.74, 6) is 0. The molecule has 1 atom stereocenters. The first-order chi connectivity index (χ1) is 9.22. The number of ether oxygens (including phenoxy) is 1. The van der Waals surface area contributed by atoms with E-state index in [0.29, 0.717) is 6.10 Å². The van der Waals surface area contributed by atoms with Gasteiger partial charge in [-0.15, -0.1) is 0 Å². The average Bonchev–Trinajstić information content (AvgIpc) is 2.40. The zero-order chi connectivity index (χ0) is 13.2. The fourth-order valence-electron chi connectivity index (χ4n) is 2.83. The highest BCUT2D eigenvalue weighted by atomic mass is 16.5. The zero-order valence-electron chi connectivity index (χ0n) is 11.2. The van der Waals surface area contributed by atoms with Crippen LogP contribution < -0.4 is 5.56 Å². The van der Waals surface area contributed by atoms with Crippen molar-refractivity contribution in [2.75, 3.05) is 6.61 Å². The number of hydrogen-bond donors (Lipinski definition) is 1. The average molecular weight is 257 g/mol. The molecule has 2 aromatic rings. The van der Waals surface area contributed by atoms with Gasteiger partial charge < -0.3 is 9.72 Å². The first kappa shape index (κ1) is 12.4. The van der Waals surface area contributed by atoms with Crippen LogP contribution in [-0.4, -0.2) is 17.7 Å². The maximum Gasteiger partial charge on any atom is 0.248 e. The highest BCUT2D eigenvalue weighted by molar-refractivity contribution is 5.82. The lowest BCUT2D eigenvalue weighted by molar-refractivity contribution is 0.0168. The molecule has 1 aromatic carbocycles. The van der Waals surface area contributed by atoms with Gasteiger partial charge in [-0.25, -0.2) is 0 Å². The Hall–Kier alpha value is -1.61. The standard InChI is InChI=1S/C16H19NO2/c1-11-8-16(18)17-15-6-5-12(10-14(11)15)9-13-4-2-3-7-19-13/h5-6,8,10,13H,2-4,7,9H2,1H3,(H,17,18). The van der Waals surface area contributed by atoms with Gasteiger partial charge in [0, 0.05) is 23.6 Å². The summed E-state index contributed by atoms with van der Waals surface area (Å²) in [7, 11) is 0. The van der Waals surface area contributed by atoms with E-state index in [-0.39, 0.29) is 5.56 Å². The van der Waals surface area contributed by atoms with Crippen molar-refractivity contribution in [3.05, 3.63) is 45.7 Å². The van der Waals surface area contributed by atoms with Gasteiger partial charge in [0.25, 0.3) is 0 Å². The van der Waals surface area contributed by atoms with E-state index < -0.39 is 0 Å². The Balaban J connectivity index is 1.90. The number of benzene rings is 1. The molecule has 100 valence electrons. The van der Waals surface area contributed by atoms with Gasteiger partial charge >= 0.3 is 0 Å². The van der Waals surface area contributed by atoms with Gasteiger partial charge in [-0.1, -0.05) is 6.07 Å². The molecule has 0 saturated carbocycles.